The first-order chi connectivity index (χ1) is 13.2. The minimum Gasteiger partial charge on any atom is -0.352 e. The standard InChI is InChI=1S/C21H25FN2O3S/c1-16-3-5-17(6-4-16)15-23-20(25)21(2)11-13-24(14-12-21)28(26,27)19-9-7-18(22)8-10-19/h3-10H,11-15H2,1-2H3,(H,23,25). The van der Waals surface area contributed by atoms with Crippen molar-refractivity contribution in [3.8, 4) is 0 Å². The molecule has 0 aromatic heterocycles. The molecule has 1 heterocycles. The smallest absolute Gasteiger partial charge is 0.243 e. The number of nitrogens with one attached hydrogen (secondary N) is 1. The molecule has 150 valence electrons. The molecule has 28 heavy (non-hydrogen) atoms. The Kier molecular flexibility index (Phi) is 5.86. The van der Waals surface area contributed by atoms with E-state index >= 15 is 0 Å². The molecule has 7 heteroatoms. The maximum absolute atomic E-state index is 13.1. The molecule has 0 unspecified atom stereocenters. The van der Waals surface area contributed by atoms with E-state index in [1.807, 2.05) is 38.1 Å². The molecule has 1 N–H and O–H groups in total. The van der Waals surface area contributed by atoms with Crippen LogP contribution in [-0.2, 0) is 21.4 Å². The summed E-state index contributed by atoms with van der Waals surface area (Å²) in [5.74, 6) is -0.540. The van der Waals surface area contributed by atoms with Gasteiger partial charge in [-0.15, -0.1) is 0 Å². The summed E-state index contributed by atoms with van der Waals surface area (Å²) in [7, 11) is -3.68. The molecule has 0 spiro atoms. The average molecular weight is 405 g/mol. The van der Waals surface area contributed by atoms with E-state index in [1.54, 1.807) is 0 Å². The van der Waals surface area contributed by atoms with E-state index in [4.69, 9.17) is 0 Å². The fraction of sp³-hybridized carbons (Fsp3) is 0.381. The second-order valence-corrected chi connectivity index (χ2v) is 9.52. The molecule has 2 aromatic carbocycles. The summed E-state index contributed by atoms with van der Waals surface area (Å²) < 4.78 is 39.9. The predicted molar refractivity (Wildman–Crippen MR) is 106 cm³/mol. The zero-order chi connectivity index (χ0) is 20.4. The molecule has 0 atom stereocenters. The van der Waals surface area contributed by atoms with Crippen LogP contribution in [0.3, 0.4) is 0 Å². The lowest BCUT2D eigenvalue weighted by molar-refractivity contribution is -0.132. The van der Waals surface area contributed by atoms with E-state index in [9.17, 15) is 17.6 Å². The molecule has 5 nitrogen and oxygen atoms in total. The van der Waals surface area contributed by atoms with Gasteiger partial charge in [0.05, 0.1) is 4.90 Å². The summed E-state index contributed by atoms with van der Waals surface area (Å²) in [4.78, 5) is 12.8. The van der Waals surface area contributed by atoms with E-state index in [1.165, 1.54) is 16.4 Å². The van der Waals surface area contributed by atoms with Gasteiger partial charge in [0.25, 0.3) is 0 Å². The van der Waals surface area contributed by atoms with Crippen LogP contribution in [0.5, 0.6) is 0 Å². The van der Waals surface area contributed by atoms with Crippen molar-refractivity contribution in [2.45, 2.75) is 38.1 Å². The van der Waals surface area contributed by atoms with Crippen molar-refractivity contribution in [3.05, 3.63) is 65.5 Å². The fourth-order valence-electron chi connectivity index (χ4n) is 3.30. The zero-order valence-electron chi connectivity index (χ0n) is 16.1. The van der Waals surface area contributed by atoms with Gasteiger partial charge in [-0.1, -0.05) is 36.8 Å². The van der Waals surface area contributed by atoms with Crippen molar-refractivity contribution < 1.29 is 17.6 Å². The van der Waals surface area contributed by atoms with Gasteiger partial charge in [0.2, 0.25) is 15.9 Å². The molecule has 1 saturated heterocycles. The van der Waals surface area contributed by atoms with Crippen LogP contribution in [0, 0.1) is 18.2 Å². The van der Waals surface area contributed by atoms with Crippen LogP contribution in [0.1, 0.15) is 30.9 Å². The van der Waals surface area contributed by atoms with Crippen LogP contribution in [-0.4, -0.2) is 31.7 Å². The quantitative estimate of drug-likeness (QED) is 0.832. The van der Waals surface area contributed by atoms with Gasteiger partial charge in [0.1, 0.15) is 5.82 Å². The minimum absolute atomic E-state index is 0.0631. The number of aryl methyl sites for hydroxylation is 1. The number of rotatable bonds is 5. The van der Waals surface area contributed by atoms with Gasteiger partial charge < -0.3 is 5.32 Å². The number of hydrogen-bond acceptors (Lipinski definition) is 3. The molecule has 1 fully saturated rings. The first kappa shape index (κ1) is 20.5. The number of carbonyl (C=O) groups is 1. The van der Waals surface area contributed by atoms with Crippen molar-refractivity contribution in [2.75, 3.05) is 13.1 Å². The van der Waals surface area contributed by atoms with Crippen LogP contribution < -0.4 is 5.32 Å². The first-order valence-electron chi connectivity index (χ1n) is 9.30. The van der Waals surface area contributed by atoms with Gasteiger partial charge >= 0.3 is 0 Å². The van der Waals surface area contributed by atoms with E-state index in [-0.39, 0.29) is 23.9 Å². The largest absolute Gasteiger partial charge is 0.352 e. The van der Waals surface area contributed by atoms with Gasteiger partial charge in [-0.05, 0) is 49.6 Å². The molecule has 0 bridgehead atoms. The van der Waals surface area contributed by atoms with Crippen molar-refractivity contribution in [1.82, 2.24) is 9.62 Å². The predicted octanol–water partition coefficient (Wildman–Crippen LogP) is 3.24. The summed E-state index contributed by atoms with van der Waals surface area (Å²) in [6, 6.07) is 12.8. The number of benzene rings is 2. The maximum atomic E-state index is 13.1. The van der Waals surface area contributed by atoms with E-state index in [0.717, 1.165) is 23.3 Å². The molecule has 0 aliphatic carbocycles. The third-order valence-electron chi connectivity index (χ3n) is 5.40. The summed E-state index contributed by atoms with van der Waals surface area (Å²) in [5.41, 5.74) is 1.58. The summed E-state index contributed by atoms with van der Waals surface area (Å²) in [6.07, 6.45) is 0.875. The Morgan fingerprint density at radius 2 is 1.64 bits per heavy atom. The monoisotopic (exact) mass is 404 g/mol. The molecule has 1 aliphatic rings. The zero-order valence-corrected chi connectivity index (χ0v) is 16.9. The Hall–Kier alpha value is -2.25. The van der Waals surface area contributed by atoms with Gasteiger partial charge in [-0.2, -0.15) is 4.31 Å². The Balaban J connectivity index is 1.60. The average Bonchev–Trinajstić information content (AvgIpc) is 2.68. The Bertz CT molecular complexity index is 933. The van der Waals surface area contributed by atoms with Crippen molar-refractivity contribution in [2.24, 2.45) is 5.41 Å². The molecule has 0 radical (unpaired) electrons. The highest BCUT2D eigenvalue weighted by atomic mass is 32.2. The lowest BCUT2D eigenvalue weighted by Gasteiger charge is -2.37. The number of halogens is 1. The highest BCUT2D eigenvalue weighted by Gasteiger charge is 2.40. The van der Waals surface area contributed by atoms with E-state index in [0.29, 0.717) is 19.4 Å². The highest BCUT2D eigenvalue weighted by Crippen LogP contribution is 2.33. The van der Waals surface area contributed by atoms with Crippen LogP contribution in [0.4, 0.5) is 4.39 Å². The molecule has 3 rings (SSSR count). The lowest BCUT2D eigenvalue weighted by Crippen LogP contribution is -2.48. The van der Waals surface area contributed by atoms with Crippen molar-refractivity contribution >= 4 is 15.9 Å². The van der Waals surface area contributed by atoms with Crippen LogP contribution >= 0.6 is 0 Å². The molecule has 1 amide bonds. The van der Waals surface area contributed by atoms with Gasteiger partial charge in [-0.3, -0.25) is 4.79 Å². The van der Waals surface area contributed by atoms with Gasteiger partial charge in [0.15, 0.2) is 0 Å². The van der Waals surface area contributed by atoms with Crippen LogP contribution in [0.25, 0.3) is 0 Å². The van der Waals surface area contributed by atoms with E-state index < -0.39 is 21.3 Å². The van der Waals surface area contributed by atoms with E-state index in [2.05, 4.69) is 5.32 Å². The normalized spacial score (nSPS) is 17.2. The maximum Gasteiger partial charge on any atom is 0.243 e. The number of nitrogens with zero attached hydrogens (tertiary/aromatic N) is 1. The van der Waals surface area contributed by atoms with Crippen molar-refractivity contribution in [3.63, 3.8) is 0 Å². The SMILES string of the molecule is Cc1ccc(CNC(=O)C2(C)CCN(S(=O)(=O)c3ccc(F)cc3)CC2)cc1. The molecule has 1 aliphatic heterocycles. The second-order valence-electron chi connectivity index (χ2n) is 7.59. The minimum atomic E-state index is -3.68. The number of sulfonamides is 1. The lowest BCUT2D eigenvalue weighted by atomic mass is 9.80. The van der Waals surface area contributed by atoms with Crippen LogP contribution in [0.2, 0.25) is 0 Å². The van der Waals surface area contributed by atoms with Crippen LogP contribution in [0.15, 0.2) is 53.4 Å². The number of hydrogen-bond donors (Lipinski definition) is 1. The number of amides is 1. The third-order valence-corrected chi connectivity index (χ3v) is 7.31. The Labute approximate surface area is 165 Å². The number of carbonyl (C=O) groups excluding carboxylic acids is 1. The number of piperidine rings is 1. The topological polar surface area (TPSA) is 66.5 Å². The van der Waals surface area contributed by atoms with Gasteiger partial charge in [0, 0.05) is 25.0 Å². The summed E-state index contributed by atoms with van der Waals surface area (Å²) in [6.45, 7) is 4.85. The molecular formula is C21H25FN2O3S. The summed E-state index contributed by atoms with van der Waals surface area (Å²) >= 11 is 0. The Morgan fingerprint density at radius 1 is 1.07 bits per heavy atom. The fourth-order valence-corrected chi connectivity index (χ4v) is 4.75. The van der Waals surface area contributed by atoms with Crippen molar-refractivity contribution in [1.29, 1.82) is 0 Å². The molecule has 2 aromatic rings. The first-order valence-corrected chi connectivity index (χ1v) is 10.7. The summed E-state index contributed by atoms with van der Waals surface area (Å²) in [5, 5.41) is 2.97. The molecule has 0 saturated carbocycles. The Morgan fingerprint density at radius 3 is 2.21 bits per heavy atom. The second kappa shape index (κ2) is 8.01. The molecular weight excluding hydrogens is 379 g/mol. The highest BCUT2D eigenvalue weighted by molar-refractivity contribution is 7.89. The van der Waals surface area contributed by atoms with Gasteiger partial charge in [-0.25, -0.2) is 12.8 Å². The third kappa shape index (κ3) is 4.42.